The predicted molar refractivity (Wildman–Crippen MR) is 235 cm³/mol. The molecule has 0 radical (unpaired) electrons. The zero-order chi connectivity index (χ0) is 44.7. The van der Waals surface area contributed by atoms with E-state index in [1.54, 1.807) is 6.08 Å². The second-order valence-electron chi connectivity index (χ2n) is 16.9. The van der Waals surface area contributed by atoms with Crippen LogP contribution in [-0.2, 0) is 23.7 Å². The first-order chi connectivity index (χ1) is 29.6. The van der Waals surface area contributed by atoms with Crippen molar-refractivity contribution in [1.82, 2.24) is 5.32 Å². The van der Waals surface area contributed by atoms with Crippen LogP contribution in [0.25, 0.3) is 0 Å². The highest BCUT2D eigenvalue weighted by atomic mass is 16.7. The van der Waals surface area contributed by atoms with Gasteiger partial charge in [-0.25, -0.2) is 0 Å². The molecule has 12 atom stereocenters. The zero-order valence-corrected chi connectivity index (χ0v) is 37.4. The summed E-state index contributed by atoms with van der Waals surface area (Å²) in [7, 11) is 0. The van der Waals surface area contributed by atoms with Crippen LogP contribution in [-0.4, -0.2) is 140 Å². The minimum atomic E-state index is -1.79. The highest BCUT2D eigenvalue weighted by Crippen LogP contribution is 2.30. The number of nitrogens with one attached hydrogen (secondary N) is 1. The molecule has 14 heteroatoms. The molecule has 12 unspecified atom stereocenters. The van der Waals surface area contributed by atoms with Crippen LogP contribution in [0, 0.1) is 0 Å². The number of unbranched alkanes of at least 4 members (excludes halogenated alkanes) is 18. The number of hydrogen-bond donors (Lipinski definition) is 9. The van der Waals surface area contributed by atoms with Gasteiger partial charge in [0.2, 0.25) is 5.91 Å². The first-order valence-corrected chi connectivity index (χ1v) is 23.7. The molecule has 9 N–H and O–H groups in total. The summed E-state index contributed by atoms with van der Waals surface area (Å²) in [6.45, 7) is 2.72. The highest BCUT2D eigenvalue weighted by molar-refractivity contribution is 5.76. The van der Waals surface area contributed by atoms with Crippen molar-refractivity contribution in [3.8, 4) is 0 Å². The van der Waals surface area contributed by atoms with Crippen molar-refractivity contribution in [2.24, 2.45) is 0 Å². The predicted octanol–water partition coefficient (Wildman–Crippen LogP) is 5.15. The maximum absolute atomic E-state index is 13.1. The molecule has 2 rings (SSSR count). The summed E-state index contributed by atoms with van der Waals surface area (Å²) in [5.74, 6) is -0.257. The third kappa shape index (κ3) is 22.6. The number of aliphatic hydroxyl groups is 8. The molecular weight excluding hydrogens is 787 g/mol. The van der Waals surface area contributed by atoms with Crippen LogP contribution in [0.15, 0.2) is 36.5 Å². The number of amides is 1. The summed E-state index contributed by atoms with van der Waals surface area (Å²) in [6.07, 6.45) is 20.4. The average Bonchev–Trinajstić information content (AvgIpc) is 3.26. The maximum Gasteiger partial charge on any atom is 0.220 e. The zero-order valence-electron chi connectivity index (χ0n) is 37.4. The molecule has 0 saturated carbocycles. The number of rotatable bonds is 35. The molecule has 1 amide bonds. The maximum atomic E-state index is 13.1. The van der Waals surface area contributed by atoms with Crippen molar-refractivity contribution >= 4 is 5.91 Å². The largest absolute Gasteiger partial charge is 0.394 e. The summed E-state index contributed by atoms with van der Waals surface area (Å²) < 4.78 is 22.6. The fourth-order valence-corrected chi connectivity index (χ4v) is 7.61. The normalized spacial score (nSPS) is 28.3. The fourth-order valence-electron chi connectivity index (χ4n) is 7.61. The summed E-state index contributed by atoms with van der Waals surface area (Å²) >= 11 is 0. The second kappa shape index (κ2) is 34.6. The van der Waals surface area contributed by atoms with E-state index in [-0.39, 0.29) is 18.9 Å². The van der Waals surface area contributed by atoms with Crippen LogP contribution in [0.1, 0.15) is 162 Å². The molecule has 2 aliphatic heterocycles. The van der Waals surface area contributed by atoms with E-state index >= 15 is 0 Å². The minimum absolute atomic E-state index is 0.257. The SMILES string of the molecule is CCCCCC/C=C\C/C=C\CCCCCCCC(=O)NC(COC1OC(CO)C(OC2OC(CO)C(O)C(O)C2O)C(O)C1O)C(O)/C=C/CCCCCCCCCCC. The Labute approximate surface area is 366 Å². The Kier molecular flexibility index (Phi) is 31.4. The van der Waals surface area contributed by atoms with Gasteiger partial charge in [-0.1, -0.05) is 140 Å². The van der Waals surface area contributed by atoms with Crippen molar-refractivity contribution in [1.29, 1.82) is 0 Å². The van der Waals surface area contributed by atoms with Crippen molar-refractivity contribution in [3.63, 3.8) is 0 Å². The molecule has 2 saturated heterocycles. The topological polar surface area (TPSA) is 228 Å². The number of carbonyl (C=O) groups is 1. The Morgan fingerprint density at radius 3 is 1.66 bits per heavy atom. The van der Waals surface area contributed by atoms with Crippen LogP contribution in [0.3, 0.4) is 0 Å². The fraction of sp³-hybridized carbons (Fsp3) is 0.851. The number of carbonyl (C=O) groups excluding carboxylic acids is 1. The Morgan fingerprint density at radius 1 is 0.590 bits per heavy atom. The van der Waals surface area contributed by atoms with Crippen LogP contribution < -0.4 is 5.32 Å². The lowest BCUT2D eigenvalue weighted by Crippen LogP contribution is -2.65. The van der Waals surface area contributed by atoms with Gasteiger partial charge in [0.1, 0.15) is 48.8 Å². The Bertz CT molecular complexity index is 1170. The van der Waals surface area contributed by atoms with Crippen molar-refractivity contribution in [3.05, 3.63) is 36.5 Å². The van der Waals surface area contributed by atoms with Gasteiger partial charge in [0.15, 0.2) is 12.6 Å². The molecule has 356 valence electrons. The summed E-state index contributed by atoms with van der Waals surface area (Å²) in [4.78, 5) is 13.1. The molecule has 61 heavy (non-hydrogen) atoms. The number of aliphatic hydroxyl groups excluding tert-OH is 8. The molecule has 0 bridgehead atoms. The Balaban J connectivity index is 1.89. The smallest absolute Gasteiger partial charge is 0.220 e. The monoisotopic (exact) mass is 872 g/mol. The standard InChI is InChI=1S/C47H85NO13/c1-3-5-7-9-11-13-15-16-17-18-19-21-23-25-27-29-31-39(52)48-35(36(51)30-28-26-24-22-20-14-12-10-8-6-4-2)34-58-46-44(57)42(55)45(38(33-50)60-46)61-47-43(56)41(54)40(53)37(32-49)59-47/h13,15,17-18,28,30,35-38,40-47,49-51,53-57H,3-12,14,16,19-27,29,31-34H2,1-2H3,(H,48,52)/b15-13-,18-17-,30-28+. The third-order valence-electron chi connectivity index (χ3n) is 11.6. The molecule has 0 aromatic heterocycles. The number of hydrogen-bond acceptors (Lipinski definition) is 13. The van der Waals surface area contributed by atoms with E-state index in [1.165, 1.54) is 70.6 Å². The average molecular weight is 872 g/mol. The Morgan fingerprint density at radius 2 is 1.08 bits per heavy atom. The van der Waals surface area contributed by atoms with Gasteiger partial charge in [-0.3, -0.25) is 4.79 Å². The van der Waals surface area contributed by atoms with E-state index in [1.807, 2.05) is 6.08 Å². The number of allylic oxidation sites excluding steroid dienone is 5. The summed E-state index contributed by atoms with van der Waals surface area (Å²) in [6, 6.07) is -0.918. The quantitative estimate of drug-likeness (QED) is 0.0297. The van der Waals surface area contributed by atoms with E-state index < -0.39 is 86.8 Å². The van der Waals surface area contributed by atoms with E-state index in [9.17, 15) is 45.6 Å². The lowest BCUT2D eigenvalue weighted by molar-refractivity contribution is -0.359. The second-order valence-corrected chi connectivity index (χ2v) is 16.9. The van der Waals surface area contributed by atoms with Crippen LogP contribution >= 0.6 is 0 Å². The van der Waals surface area contributed by atoms with Gasteiger partial charge in [0, 0.05) is 6.42 Å². The number of ether oxygens (including phenoxy) is 4. The summed E-state index contributed by atoms with van der Waals surface area (Å²) in [5, 5.41) is 86.5. The Hall–Kier alpha value is -1.79. The van der Waals surface area contributed by atoms with Crippen LogP contribution in [0.4, 0.5) is 0 Å². The van der Waals surface area contributed by atoms with Crippen LogP contribution in [0.2, 0.25) is 0 Å². The van der Waals surface area contributed by atoms with Gasteiger partial charge < -0.3 is 65.1 Å². The van der Waals surface area contributed by atoms with Gasteiger partial charge in [-0.15, -0.1) is 0 Å². The molecule has 0 aliphatic carbocycles. The van der Waals surface area contributed by atoms with E-state index in [0.717, 1.165) is 64.2 Å². The van der Waals surface area contributed by atoms with E-state index in [2.05, 4.69) is 43.5 Å². The first-order valence-electron chi connectivity index (χ1n) is 23.7. The molecular formula is C47H85NO13. The van der Waals surface area contributed by atoms with Gasteiger partial charge in [0.05, 0.1) is 32.0 Å². The van der Waals surface area contributed by atoms with Gasteiger partial charge >= 0.3 is 0 Å². The van der Waals surface area contributed by atoms with Crippen molar-refractivity contribution in [2.75, 3.05) is 19.8 Å². The minimum Gasteiger partial charge on any atom is -0.394 e. The molecule has 2 aliphatic rings. The molecule has 2 fully saturated rings. The third-order valence-corrected chi connectivity index (χ3v) is 11.6. The lowest BCUT2D eigenvalue weighted by Gasteiger charge is -2.46. The molecule has 0 spiro atoms. The van der Waals surface area contributed by atoms with Gasteiger partial charge in [0.25, 0.3) is 0 Å². The van der Waals surface area contributed by atoms with Crippen molar-refractivity contribution < 1.29 is 64.6 Å². The van der Waals surface area contributed by atoms with Gasteiger partial charge in [-0.05, 0) is 51.4 Å². The van der Waals surface area contributed by atoms with E-state index in [0.29, 0.717) is 6.42 Å². The molecule has 0 aromatic rings. The first kappa shape index (κ1) is 55.3. The highest BCUT2D eigenvalue weighted by Gasteiger charge is 2.50. The molecule has 0 aromatic carbocycles. The van der Waals surface area contributed by atoms with Crippen molar-refractivity contribution in [2.45, 2.75) is 235 Å². The molecule has 14 nitrogen and oxygen atoms in total. The van der Waals surface area contributed by atoms with Crippen LogP contribution in [0.5, 0.6) is 0 Å². The van der Waals surface area contributed by atoms with E-state index in [4.69, 9.17) is 18.9 Å². The summed E-state index contributed by atoms with van der Waals surface area (Å²) in [5.41, 5.74) is 0. The molecule has 2 heterocycles. The van der Waals surface area contributed by atoms with Gasteiger partial charge in [-0.2, -0.15) is 0 Å². The lowest BCUT2D eigenvalue weighted by atomic mass is 9.97.